The van der Waals surface area contributed by atoms with Gasteiger partial charge in [-0.25, -0.2) is 9.59 Å². The van der Waals surface area contributed by atoms with Gasteiger partial charge in [-0.1, -0.05) is 54.6 Å². The molecule has 2 aromatic rings. The van der Waals surface area contributed by atoms with Crippen LogP contribution in [0.15, 0.2) is 54.6 Å². The normalized spacial score (nSPS) is 11.9. The van der Waals surface area contributed by atoms with E-state index >= 15 is 0 Å². The van der Waals surface area contributed by atoms with Crippen LogP contribution in [0.3, 0.4) is 0 Å². The molecule has 0 bridgehead atoms. The fourth-order valence-corrected chi connectivity index (χ4v) is 3.82. The molecule has 0 unspecified atom stereocenters. The molecule has 9 heteroatoms. The second-order valence-corrected chi connectivity index (χ2v) is 10.5. The van der Waals surface area contributed by atoms with Gasteiger partial charge in [-0.3, -0.25) is 4.79 Å². The summed E-state index contributed by atoms with van der Waals surface area (Å²) in [5.41, 5.74) is 8.37. The van der Waals surface area contributed by atoms with Gasteiger partial charge in [0.05, 0.1) is 6.04 Å². The summed E-state index contributed by atoms with van der Waals surface area (Å²) in [7, 11) is 0. The van der Waals surface area contributed by atoms with Crippen molar-refractivity contribution < 1.29 is 23.9 Å². The second-order valence-electron chi connectivity index (χ2n) is 10.5. The van der Waals surface area contributed by atoms with E-state index in [4.69, 9.17) is 15.2 Å². The van der Waals surface area contributed by atoms with Gasteiger partial charge in [0, 0.05) is 13.1 Å². The highest BCUT2D eigenvalue weighted by Crippen LogP contribution is 2.11. The van der Waals surface area contributed by atoms with Crippen molar-refractivity contribution in [3.63, 3.8) is 0 Å². The van der Waals surface area contributed by atoms with E-state index in [-0.39, 0.29) is 12.5 Å². The third-order valence-electron chi connectivity index (χ3n) is 5.87. The van der Waals surface area contributed by atoms with Crippen LogP contribution in [0.25, 0.3) is 0 Å². The molecule has 0 fully saturated rings. The number of alkyl carbamates (subject to hydrolysis) is 2. The number of carbonyl (C=O) groups excluding carboxylic acids is 3. The summed E-state index contributed by atoms with van der Waals surface area (Å²) in [6.45, 7) is 7.29. The molecule has 0 aromatic heterocycles. The molecule has 0 saturated carbocycles. The minimum atomic E-state index is -0.532. The fourth-order valence-electron chi connectivity index (χ4n) is 3.82. The molecule has 1 atom stereocenters. The van der Waals surface area contributed by atoms with Crippen LogP contribution in [0.2, 0.25) is 0 Å². The number of benzene rings is 2. The molecule has 0 aliphatic carbocycles. The number of ether oxygens (including phenoxy) is 2. The summed E-state index contributed by atoms with van der Waals surface area (Å²) >= 11 is 0. The molecule has 0 heterocycles. The van der Waals surface area contributed by atoms with Crippen LogP contribution in [0, 0.1) is 0 Å². The van der Waals surface area contributed by atoms with E-state index in [9.17, 15) is 14.4 Å². The molecule has 214 valence electrons. The van der Waals surface area contributed by atoms with Crippen LogP contribution in [-0.4, -0.2) is 49.4 Å². The zero-order chi connectivity index (χ0) is 28.5. The molecule has 0 aliphatic rings. The summed E-state index contributed by atoms with van der Waals surface area (Å²) in [6.07, 6.45) is 3.87. The third-order valence-corrected chi connectivity index (χ3v) is 5.87. The van der Waals surface area contributed by atoms with Gasteiger partial charge in [-0.2, -0.15) is 0 Å². The van der Waals surface area contributed by atoms with Crippen LogP contribution in [0.1, 0.15) is 63.1 Å². The first-order chi connectivity index (χ1) is 18.6. The molecule has 0 spiro atoms. The lowest BCUT2D eigenvalue weighted by molar-refractivity contribution is -0.120. The Morgan fingerprint density at radius 2 is 1.38 bits per heavy atom. The number of rotatable bonds is 16. The molecular weight excluding hydrogens is 496 g/mol. The molecular formula is C30H44N4O5. The van der Waals surface area contributed by atoms with Gasteiger partial charge in [-0.05, 0) is 82.5 Å². The number of hydrogen-bond acceptors (Lipinski definition) is 6. The lowest BCUT2D eigenvalue weighted by Crippen LogP contribution is -2.42. The van der Waals surface area contributed by atoms with Gasteiger partial charge >= 0.3 is 12.2 Å². The van der Waals surface area contributed by atoms with E-state index in [1.165, 1.54) is 5.56 Å². The third kappa shape index (κ3) is 14.8. The number of nitrogens with two attached hydrogens (primary N) is 1. The SMILES string of the molecule is CC(C)(C)OC(=O)NCCCN[C@@H](CCc1ccc(CCCCNC(=O)OCc2ccccc2)cc1)C(N)=O. The van der Waals surface area contributed by atoms with E-state index in [0.717, 1.165) is 36.8 Å². The molecule has 3 amide bonds. The summed E-state index contributed by atoms with van der Waals surface area (Å²) in [5.74, 6) is -0.385. The Morgan fingerprint density at radius 1 is 0.769 bits per heavy atom. The largest absolute Gasteiger partial charge is 0.445 e. The van der Waals surface area contributed by atoms with Gasteiger partial charge in [0.25, 0.3) is 0 Å². The van der Waals surface area contributed by atoms with Gasteiger partial charge in [0.2, 0.25) is 5.91 Å². The number of hydrogen-bond donors (Lipinski definition) is 4. The Kier molecular flexibility index (Phi) is 13.9. The number of aryl methyl sites for hydroxylation is 2. The topological polar surface area (TPSA) is 132 Å². The van der Waals surface area contributed by atoms with E-state index in [2.05, 4.69) is 40.2 Å². The number of amides is 3. The molecule has 0 aliphatic heterocycles. The quantitative estimate of drug-likeness (QED) is 0.236. The standard InChI is InChI=1S/C30H44N4O5/c1-30(2,3)39-29(37)34-21-9-20-32-26(27(31)35)18-17-24-15-13-23(14-16-24)10-7-8-19-33-28(36)38-22-25-11-5-4-6-12-25/h4-6,11-16,26,32H,7-10,17-22H2,1-3H3,(H2,31,35)(H,33,36)(H,34,37)/t26-/m0/s1. The highest BCUT2D eigenvalue weighted by atomic mass is 16.6. The Labute approximate surface area is 232 Å². The average molecular weight is 541 g/mol. The Bertz CT molecular complexity index is 1010. The van der Waals surface area contributed by atoms with Crippen molar-refractivity contribution in [1.29, 1.82) is 0 Å². The Balaban J connectivity index is 1.57. The Morgan fingerprint density at radius 3 is 2.03 bits per heavy atom. The number of unbranched alkanes of at least 4 members (excludes halogenated alkanes) is 1. The van der Waals surface area contributed by atoms with Crippen LogP contribution >= 0.6 is 0 Å². The number of carbonyl (C=O) groups is 3. The first-order valence-electron chi connectivity index (χ1n) is 13.6. The first kappa shape index (κ1) is 31.6. The smallest absolute Gasteiger partial charge is 0.407 e. The van der Waals surface area contributed by atoms with Gasteiger partial charge in [0.1, 0.15) is 12.2 Å². The summed E-state index contributed by atoms with van der Waals surface area (Å²) in [5, 5.41) is 8.67. The number of primary amides is 1. The average Bonchev–Trinajstić information content (AvgIpc) is 2.89. The minimum absolute atomic E-state index is 0.266. The maximum atomic E-state index is 11.9. The molecule has 39 heavy (non-hydrogen) atoms. The molecule has 2 rings (SSSR count). The lowest BCUT2D eigenvalue weighted by atomic mass is 10.0. The fraction of sp³-hybridized carbons (Fsp3) is 0.500. The highest BCUT2D eigenvalue weighted by Gasteiger charge is 2.16. The van der Waals surface area contributed by atoms with E-state index in [0.29, 0.717) is 32.5 Å². The van der Waals surface area contributed by atoms with Crippen molar-refractivity contribution in [1.82, 2.24) is 16.0 Å². The molecule has 0 radical (unpaired) electrons. The highest BCUT2D eigenvalue weighted by molar-refractivity contribution is 5.79. The van der Waals surface area contributed by atoms with E-state index in [1.54, 1.807) is 0 Å². The van der Waals surface area contributed by atoms with Crippen LogP contribution in [0.4, 0.5) is 9.59 Å². The minimum Gasteiger partial charge on any atom is -0.445 e. The van der Waals surface area contributed by atoms with E-state index < -0.39 is 23.8 Å². The van der Waals surface area contributed by atoms with Gasteiger partial charge < -0.3 is 31.2 Å². The Hall–Kier alpha value is -3.59. The summed E-state index contributed by atoms with van der Waals surface area (Å²) in [4.78, 5) is 35.3. The zero-order valence-corrected chi connectivity index (χ0v) is 23.5. The molecule has 0 saturated heterocycles. The molecule has 9 nitrogen and oxygen atoms in total. The summed E-state index contributed by atoms with van der Waals surface area (Å²) in [6, 6.07) is 17.5. The summed E-state index contributed by atoms with van der Waals surface area (Å²) < 4.78 is 10.4. The van der Waals surface area contributed by atoms with Gasteiger partial charge in [-0.15, -0.1) is 0 Å². The predicted molar refractivity (Wildman–Crippen MR) is 152 cm³/mol. The lowest BCUT2D eigenvalue weighted by Gasteiger charge is -2.20. The maximum Gasteiger partial charge on any atom is 0.407 e. The monoisotopic (exact) mass is 540 g/mol. The van der Waals surface area contributed by atoms with Crippen molar-refractivity contribution in [3.8, 4) is 0 Å². The van der Waals surface area contributed by atoms with Gasteiger partial charge in [0.15, 0.2) is 0 Å². The second kappa shape index (κ2) is 17.1. The van der Waals surface area contributed by atoms with Crippen molar-refractivity contribution in [2.24, 2.45) is 5.73 Å². The predicted octanol–water partition coefficient (Wildman–Crippen LogP) is 4.23. The van der Waals surface area contributed by atoms with Crippen molar-refractivity contribution in [2.75, 3.05) is 19.6 Å². The van der Waals surface area contributed by atoms with Crippen LogP contribution < -0.4 is 21.7 Å². The molecule has 2 aromatic carbocycles. The maximum absolute atomic E-state index is 11.9. The van der Waals surface area contributed by atoms with E-state index in [1.807, 2.05) is 51.1 Å². The van der Waals surface area contributed by atoms with Crippen LogP contribution in [-0.2, 0) is 33.7 Å². The van der Waals surface area contributed by atoms with Crippen molar-refractivity contribution in [3.05, 3.63) is 71.3 Å². The van der Waals surface area contributed by atoms with Crippen LogP contribution in [0.5, 0.6) is 0 Å². The van der Waals surface area contributed by atoms with Crippen molar-refractivity contribution in [2.45, 2.75) is 77.5 Å². The number of nitrogens with one attached hydrogen (secondary N) is 3. The zero-order valence-electron chi connectivity index (χ0n) is 23.5. The molecule has 5 N–H and O–H groups in total. The first-order valence-corrected chi connectivity index (χ1v) is 13.6. The van der Waals surface area contributed by atoms with Crippen molar-refractivity contribution >= 4 is 18.1 Å².